The monoisotopic (exact) mass is 314 g/mol. The minimum atomic E-state index is -0.961. The third-order valence-corrected chi connectivity index (χ3v) is 3.16. The predicted octanol–water partition coefficient (Wildman–Crippen LogP) is 2.70. The molecule has 1 aromatic carbocycles. The molecule has 0 aliphatic carbocycles. The molecule has 0 radical (unpaired) electrons. The number of hydrogen-bond acceptors (Lipinski definition) is 4. The molecule has 23 heavy (non-hydrogen) atoms. The van der Waals surface area contributed by atoms with Crippen LogP contribution in [-0.2, 0) is 22.7 Å². The van der Waals surface area contributed by atoms with Crippen LogP contribution in [0.4, 0.5) is 4.79 Å². The predicted molar refractivity (Wildman–Crippen MR) is 83.5 cm³/mol. The molecular weight excluding hydrogens is 296 g/mol. The van der Waals surface area contributed by atoms with Gasteiger partial charge in [-0.3, -0.25) is 9.78 Å². The van der Waals surface area contributed by atoms with Gasteiger partial charge >= 0.3 is 12.1 Å². The number of carbonyl (C=O) groups is 2. The number of amides is 1. The molecule has 2 rings (SSSR count). The zero-order valence-corrected chi connectivity index (χ0v) is 12.6. The lowest BCUT2D eigenvalue weighted by atomic mass is 10.2. The first-order chi connectivity index (χ1) is 11.1. The van der Waals surface area contributed by atoms with Gasteiger partial charge < -0.3 is 14.7 Å². The maximum Gasteiger partial charge on any atom is 0.410 e. The number of rotatable bonds is 7. The number of benzene rings is 1. The van der Waals surface area contributed by atoms with E-state index in [1.165, 1.54) is 4.90 Å². The zero-order valence-electron chi connectivity index (χ0n) is 12.6. The Balaban J connectivity index is 1.97. The molecule has 1 aromatic heterocycles. The highest BCUT2D eigenvalue weighted by molar-refractivity contribution is 5.70. The summed E-state index contributed by atoms with van der Waals surface area (Å²) in [5.74, 6) is -0.961. The number of aliphatic carboxylic acids is 1. The molecule has 0 saturated heterocycles. The zero-order chi connectivity index (χ0) is 16.5. The van der Waals surface area contributed by atoms with Crippen molar-refractivity contribution in [3.8, 4) is 0 Å². The van der Waals surface area contributed by atoms with Crippen LogP contribution in [0.1, 0.15) is 17.5 Å². The molecule has 1 N–H and O–H groups in total. The van der Waals surface area contributed by atoms with Crippen LogP contribution in [0.15, 0.2) is 54.9 Å². The molecule has 0 atom stereocenters. The smallest absolute Gasteiger partial charge is 0.410 e. The van der Waals surface area contributed by atoms with Gasteiger partial charge in [-0.05, 0) is 17.2 Å². The summed E-state index contributed by atoms with van der Waals surface area (Å²) in [5, 5.41) is 8.83. The van der Waals surface area contributed by atoms with Gasteiger partial charge in [0.2, 0.25) is 0 Å². The summed E-state index contributed by atoms with van der Waals surface area (Å²) in [7, 11) is 0. The van der Waals surface area contributed by atoms with Gasteiger partial charge in [-0.15, -0.1) is 0 Å². The summed E-state index contributed by atoms with van der Waals surface area (Å²) in [6.45, 7) is 0.489. The lowest BCUT2D eigenvalue weighted by Crippen LogP contribution is -2.33. The highest BCUT2D eigenvalue weighted by atomic mass is 16.6. The van der Waals surface area contributed by atoms with E-state index in [4.69, 9.17) is 9.84 Å². The van der Waals surface area contributed by atoms with E-state index < -0.39 is 12.1 Å². The highest BCUT2D eigenvalue weighted by Gasteiger charge is 2.17. The van der Waals surface area contributed by atoms with E-state index in [-0.39, 0.29) is 26.1 Å². The Morgan fingerprint density at radius 2 is 1.83 bits per heavy atom. The summed E-state index contributed by atoms with van der Waals surface area (Å²) in [5.41, 5.74) is 1.69. The van der Waals surface area contributed by atoms with E-state index in [1.54, 1.807) is 18.5 Å². The average molecular weight is 314 g/mol. The largest absolute Gasteiger partial charge is 0.481 e. The number of aromatic nitrogens is 1. The standard InChI is InChI=1S/C17H18N2O4/c20-16(21)8-10-19(12-15-7-4-9-18-11-15)17(22)23-13-14-5-2-1-3-6-14/h1-7,9,11H,8,10,12-13H2,(H,20,21). The van der Waals surface area contributed by atoms with E-state index in [0.29, 0.717) is 0 Å². The lowest BCUT2D eigenvalue weighted by molar-refractivity contribution is -0.137. The Morgan fingerprint density at radius 1 is 1.09 bits per heavy atom. The van der Waals surface area contributed by atoms with Crippen molar-refractivity contribution in [3.05, 3.63) is 66.0 Å². The van der Waals surface area contributed by atoms with Gasteiger partial charge in [-0.2, -0.15) is 0 Å². The van der Waals surface area contributed by atoms with Crippen molar-refractivity contribution in [3.63, 3.8) is 0 Å². The molecule has 6 nitrogen and oxygen atoms in total. The number of carboxylic acids is 1. The van der Waals surface area contributed by atoms with Gasteiger partial charge in [0.1, 0.15) is 6.61 Å². The first-order valence-electron chi connectivity index (χ1n) is 7.21. The van der Waals surface area contributed by atoms with E-state index in [1.807, 2.05) is 36.4 Å². The number of pyridine rings is 1. The van der Waals surface area contributed by atoms with Crippen LogP contribution < -0.4 is 0 Å². The van der Waals surface area contributed by atoms with Crippen molar-refractivity contribution in [2.24, 2.45) is 0 Å². The van der Waals surface area contributed by atoms with Crippen molar-refractivity contribution in [2.75, 3.05) is 6.54 Å². The minimum absolute atomic E-state index is 0.0812. The van der Waals surface area contributed by atoms with Crippen LogP contribution >= 0.6 is 0 Å². The Kier molecular flexibility index (Phi) is 6.11. The Bertz CT molecular complexity index is 632. The van der Waals surface area contributed by atoms with Gasteiger partial charge in [-0.1, -0.05) is 36.4 Å². The molecule has 0 unspecified atom stereocenters. The molecule has 0 bridgehead atoms. The maximum absolute atomic E-state index is 12.2. The summed E-state index contributed by atoms with van der Waals surface area (Å²) in [6.07, 6.45) is 2.59. The first-order valence-corrected chi connectivity index (χ1v) is 7.21. The van der Waals surface area contributed by atoms with E-state index >= 15 is 0 Å². The number of carbonyl (C=O) groups excluding carboxylic acids is 1. The van der Waals surface area contributed by atoms with Gasteiger partial charge in [-0.25, -0.2) is 4.79 Å². The van der Waals surface area contributed by atoms with Crippen LogP contribution in [0.3, 0.4) is 0 Å². The van der Waals surface area contributed by atoms with Gasteiger partial charge in [0, 0.05) is 18.9 Å². The SMILES string of the molecule is O=C(O)CCN(Cc1cccnc1)C(=O)OCc1ccccc1. The first kappa shape index (κ1) is 16.5. The lowest BCUT2D eigenvalue weighted by Gasteiger charge is -2.21. The molecule has 1 amide bonds. The number of carboxylic acid groups (broad SMARTS) is 1. The van der Waals surface area contributed by atoms with Crippen LogP contribution in [0.2, 0.25) is 0 Å². The molecule has 2 aromatic rings. The number of hydrogen-bond donors (Lipinski definition) is 1. The molecule has 0 aliphatic rings. The molecule has 6 heteroatoms. The van der Waals surface area contributed by atoms with Crippen molar-refractivity contribution < 1.29 is 19.4 Å². The van der Waals surface area contributed by atoms with E-state index in [9.17, 15) is 9.59 Å². The fourth-order valence-electron chi connectivity index (χ4n) is 1.99. The Hall–Kier alpha value is -2.89. The number of ether oxygens (including phenoxy) is 1. The van der Waals surface area contributed by atoms with Gasteiger partial charge in [0.15, 0.2) is 0 Å². The van der Waals surface area contributed by atoms with Crippen molar-refractivity contribution in [1.29, 1.82) is 0 Å². The van der Waals surface area contributed by atoms with Crippen molar-refractivity contribution in [2.45, 2.75) is 19.6 Å². The Labute approximate surface area is 134 Å². The topological polar surface area (TPSA) is 79.7 Å². The van der Waals surface area contributed by atoms with E-state index in [2.05, 4.69) is 4.98 Å². The van der Waals surface area contributed by atoms with Crippen molar-refractivity contribution >= 4 is 12.1 Å². The third kappa shape index (κ3) is 5.78. The van der Waals surface area contributed by atoms with Gasteiger partial charge in [0.25, 0.3) is 0 Å². The van der Waals surface area contributed by atoms with Crippen LogP contribution in [0.5, 0.6) is 0 Å². The third-order valence-electron chi connectivity index (χ3n) is 3.16. The maximum atomic E-state index is 12.2. The number of nitrogens with zero attached hydrogens (tertiary/aromatic N) is 2. The summed E-state index contributed by atoms with van der Waals surface area (Å²) >= 11 is 0. The van der Waals surface area contributed by atoms with Crippen LogP contribution in [0.25, 0.3) is 0 Å². The van der Waals surface area contributed by atoms with Crippen molar-refractivity contribution in [1.82, 2.24) is 9.88 Å². The molecule has 0 aliphatic heterocycles. The minimum Gasteiger partial charge on any atom is -0.481 e. The normalized spacial score (nSPS) is 10.1. The summed E-state index contributed by atoms with van der Waals surface area (Å²) in [4.78, 5) is 28.4. The summed E-state index contributed by atoms with van der Waals surface area (Å²) in [6, 6.07) is 12.9. The van der Waals surface area contributed by atoms with E-state index in [0.717, 1.165) is 11.1 Å². The second-order valence-electron chi connectivity index (χ2n) is 4.97. The van der Waals surface area contributed by atoms with Crippen LogP contribution in [0, 0.1) is 0 Å². The fraction of sp³-hybridized carbons (Fsp3) is 0.235. The second-order valence-corrected chi connectivity index (χ2v) is 4.97. The van der Waals surface area contributed by atoms with Crippen LogP contribution in [-0.4, -0.2) is 33.6 Å². The quantitative estimate of drug-likeness (QED) is 0.850. The summed E-state index contributed by atoms with van der Waals surface area (Å²) < 4.78 is 5.27. The Morgan fingerprint density at radius 3 is 2.48 bits per heavy atom. The molecular formula is C17H18N2O4. The molecule has 0 saturated carbocycles. The second kappa shape index (κ2) is 8.53. The molecule has 120 valence electrons. The molecule has 1 heterocycles. The molecule has 0 spiro atoms. The van der Waals surface area contributed by atoms with Gasteiger partial charge in [0.05, 0.1) is 13.0 Å². The average Bonchev–Trinajstić information content (AvgIpc) is 2.58. The fourth-order valence-corrected chi connectivity index (χ4v) is 1.99. The molecule has 0 fully saturated rings. The highest BCUT2D eigenvalue weighted by Crippen LogP contribution is 2.08.